The van der Waals surface area contributed by atoms with Crippen LogP contribution in [0, 0.1) is 11.6 Å². The summed E-state index contributed by atoms with van der Waals surface area (Å²) in [6.07, 6.45) is -0.177. The van der Waals surface area contributed by atoms with Crippen LogP contribution < -0.4 is 9.47 Å². The van der Waals surface area contributed by atoms with Gasteiger partial charge in [-0.15, -0.1) is 4.98 Å². The van der Waals surface area contributed by atoms with Crippen LogP contribution in [0.2, 0.25) is 5.28 Å². The van der Waals surface area contributed by atoms with E-state index in [1.807, 2.05) is 0 Å². The average Bonchev–Trinajstić information content (AvgIpc) is 2.31. The molecule has 1 aromatic heterocycles. The lowest BCUT2D eigenvalue weighted by Gasteiger charge is -2.09. The molecule has 0 atom stereocenters. The zero-order valence-corrected chi connectivity index (χ0v) is 11.4. The summed E-state index contributed by atoms with van der Waals surface area (Å²) in [6, 6.07) is 2.56. The molecule has 1 heterocycles. The molecule has 0 saturated carbocycles. The quantitative estimate of drug-likeness (QED) is 0.866. The summed E-state index contributed by atoms with van der Waals surface area (Å²) < 4.78 is 36.6. The standard InChI is InChI=1S/C12H10ClF2N3O2/c1-6(2)19-11-16-10(13)17-12(18-11)20-9-4-3-7(14)5-8(9)15/h3-6H,1-2H3. The molecule has 0 N–H and O–H groups in total. The zero-order valence-electron chi connectivity index (χ0n) is 10.6. The number of rotatable bonds is 4. The number of halogens is 3. The van der Waals surface area contributed by atoms with Crippen LogP contribution in [-0.4, -0.2) is 21.1 Å². The third kappa shape index (κ3) is 3.74. The molecular formula is C12H10ClF2N3O2. The lowest BCUT2D eigenvalue weighted by molar-refractivity contribution is 0.218. The van der Waals surface area contributed by atoms with Crippen LogP contribution in [0.25, 0.3) is 0 Å². The molecule has 0 fully saturated rings. The van der Waals surface area contributed by atoms with Crippen molar-refractivity contribution in [1.29, 1.82) is 0 Å². The van der Waals surface area contributed by atoms with Gasteiger partial charge in [-0.2, -0.15) is 9.97 Å². The van der Waals surface area contributed by atoms with Crippen molar-refractivity contribution in [3.8, 4) is 17.8 Å². The van der Waals surface area contributed by atoms with Crippen molar-refractivity contribution in [3.63, 3.8) is 0 Å². The topological polar surface area (TPSA) is 57.1 Å². The monoisotopic (exact) mass is 301 g/mol. The number of aromatic nitrogens is 3. The number of ether oxygens (including phenoxy) is 2. The van der Waals surface area contributed by atoms with E-state index < -0.39 is 11.6 Å². The Kier molecular flexibility index (Phi) is 4.29. The van der Waals surface area contributed by atoms with E-state index in [1.54, 1.807) is 13.8 Å². The third-order valence-electron chi connectivity index (χ3n) is 2.00. The lowest BCUT2D eigenvalue weighted by atomic mass is 10.3. The van der Waals surface area contributed by atoms with Crippen molar-refractivity contribution >= 4 is 11.6 Å². The SMILES string of the molecule is CC(C)Oc1nc(Cl)nc(Oc2ccc(F)cc2F)n1. The van der Waals surface area contributed by atoms with Gasteiger partial charge in [-0.1, -0.05) is 0 Å². The first-order chi connectivity index (χ1) is 9.44. The Morgan fingerprint density at radius 2 is 1.80 bits per heavy atom. The maximum Gasteiger partial charge on any atom is 0.329 e. The number of benzene rings is 1. The largest absolute Gasteiger partial charge is 0.461 e. The van der Waals surface area contributed by atoms with Crippen molar-refractivity contribution in [2.75, 3.05) is 0 Å². The summed E-state index contributed by atoms with van der Waals surface area (Å²) in [5, 5.41) is -0.159. The Balaban J connectivity index is 2.26. The fourth-order valence-electron chi connectivity index (χ4n) is 1.28. The minimum absolute atomic E-state index is 0.0440. The second-order valence-electron chi connectivity index (χ2n) is 4.01. The normalized spacial score (nSPS) is 10.7. The first-order valence-corrected chi connectivity index (χ1v) is 6.03. The molecule has 0 spiro atoms. The molecule has 8 heteroatoms. The second kappa shape index (κ2) is 5.96. The maximum atomic E-state index is 13.4. The predicted octanol–water partition coefficient (Wildman–Crippen LogP) is 3.38. The van der Waals surface area contributed by atoms with E-state index in [0.29, 0.717) is 6.07 Å². The van der Waals surface area contributed by atoms with Gasteiger partial charge in [0.1, 0.15) is 5.82 Å². The summed E-state index contributed by atoms with van der Waals surface area (Å²) >= 11 is 5.69. The highest BCUT2D eigenvalue weighted by atomic mass is 35.5. The van der Waals surface area contributed by atoms with E-state index in [9.17, 15) is 8.78 Å². The molecular weight excluding hydrogens is 292 g/mol. The van der Waals surface area contributed by atoms with Crippen LogP contribution >= 0.6 is 11.6 Å². The maximum absolute atomic E-state index is 13.4. The molecule has 0 amide bonds. The Morgan fingerprint density at radius 1 is 1.10 bits per heavy atom. The Bertz CT molecular complexity index is 626. The van der Waals surface area contributed by atoms with E-state index in [1.165, 1.54) is 0 Å². The number of hydrogen-bond donors (Lipinski definition) is 0. The first kappa shape index (κ1) is 14.4. The molecule has 5 nitrogen and oxygen atoms in total. The van der Waals surface area contributed by atoms with E-state index >= 15 is 0 Å². The van der Waals surface area contributed by atoms with Gasteiger partial charge in [-0.05, 0) is 37.6 Å². The van der Waals surface area contributed by atoms with Gasteiger partial charge in [0, 0.05) is 6.07 Å². The summed E-state index contributed by atoms with van der Waals surface area (Å²) in [5.41, 5.74) is 0. The van der Waals surface area contributed by atoms with Crippen LogP contribution in [0.4, 0.5) is 8.78 Å². The molecule has 2 rings (SSSR count). The molecule has 0 bridgehead atoms. The highest BCUT2D eigenvalue weighted by Crippen LogP contribution is 2.24. The van der Waals surface area contributed by atoms with Crippen molar-refractivity contribution in [3.05, 3.63) is 35.1 Å². The van der Waals surface area contributed by atoms with Gasteiger partial charge in [-0.3, -0.25) is 0 Å². The highest BCUT2D eigenvalue weighted by Gasteiger charge is 2.12. The van der Waals surface area contributed by atoms with Crippen LogP contribution in [0.15, 0.2) is 18.2 Å². The van der Waals surface area contributed by atoms with E-state index in [2.05, 4.69) is 15.0 Å². The molecule has 0 saturated heterocycles. The molecule has 0 aliphatic rings. The fraction of sp³-hybridized carbons (Fsp3) is 0.250. The van der Waals surface area contributed by atoms with Crippen molar-refractivity contribution in [2.45, 2.75) is 20.0 Å². The Morgan fingerprint density at radius 3 is 2.45 bits per heavy atom. The van der Waals surface area contributed by atoms with E-state index in [4.69, 9.17) is 21.1 Å². The van der Waals surface area contributed by atoms with Gasteiger partial charge in [0.25, 0.3) is 0 Å². The van der Waals surface area contributed by atoms with Crippen LogP contribution in [0.1, 0.15) is 13.8 Å². The average molecular weight is 302 g/mol. The van der Waals surface area contributed by atoms with Gasteiger partial charge in [-0.25, -0.2) is 8.78 Å². The molecule has 20 heavy (non-hydrogen) atoms. The molecule has 2 aromatic rings. The minimum Gasteiger partial charge on any atom is -0.461 e. The molecule has 1 aromatic carbocycles. The highest BCUT2D eigenvalue weighted by molar-refractivity contribution is 6.28. The van der Waals surface area contributed by atoms with Crippen molar-refractivity contribution < 1.29 is 18.3 Å². The summed E-state index contributed by atoms with van der Waals surface area (Å²) in [6.45, 7) is 3.55. The molecule has 0 radical (unpaired) electrons. The van der Waals surface area contributed by atoms with Gasteiger partial charge >= 0.3 is 12.0 Å². The smallest absolute Gasteiger partial charge is 0.329 e. The number of nitrogens with zero attached hydrogens (tertiary/aromatic N) is 3. The zero-order chi connectivity index (χ0) is 14.7. The van der Waals surface area contributed by atoms with Crippen molar-refractivity contribution in [2.24, 2.45) is 0 Å². The molecule has 0 unspecified atom stereocenters. The molecule has 106 valence electrons. The molecule has 0 aliphatic heterocycles. The van der Waals surface area contributed by atoms with Crippen molar-refractivity contribution in [1.82, 2.24) is 15.0 Å². The fourth-order valence-corrected chi connectivity index (χ4v) is 1.42. The summed E-state index contributed by atoms with van der Waals surface area (Å²) in [4.78, 5) is 11.2. The van der Waals surface area contributed by atoms with E-state index in [0.717, 1.165) is 12.1 Å². The predicted molar refractivity (Wildman–Crippen MR) is 67.0 cm³/mol. The van der Waals surface area contributed by atoms with Crippen LogP contribution in [0.3, 0.4) is 0 Å². The minimum atomic E-state index is -0.882. The van der Waals surface area contributed by atoms with Gasteiger partial charge < -0.3 is 9.47 Å². The summed E-state index contributed by atoms with van der Waals surface area (Å²) in [7, 11) is 0. The summed E-state index contributed by atoms with van der Waals surface area (Å²) in [5.74, 6) is -1.83. The van der Waals surface area contributed by atoms with Gasteiger partial charge in [0.05, 0.1) is 6.10 Å². The molecule has 0 aliphatic carbocycles. The lowest BCUT2D eigenvalue weighted by Crippen LogP contribution is -2.09. The Hall–Kier alpha value is -2.02. The van der Waals surface area contributed by atoms with Gasteiger partial charge in [0.15, 0.2) is 11.6 Å². The van der Waals surface area contributed by atoms with E-state index in [-0.39, 0.29) is 29.2 Å². The number of hydrogen-bond acceptors (Lipinski definition) is 5. The first-order valence-electron chi connectivity index (χ1n) is 5.65. The van der Waals surface area contributed by atoms with Crippen LogP contribution in [-0.2, 0) is 0 Å². The third-order valence-corrected chi connectivity index (χ3v) is 2.17. The van der Waals surface area contributed by atoms with Crippen LogP contribution in [0.5, 0.6) is 17.8 Å². The second-order valence-corrected chi connectivity index (χ2v) is 4.35. The Labute approximate surface area is 118 Å². The van der Waals surface area contributed by atoms with Gasteiger partial charge in [0.2, 0.25) is 5.28 Å².